The van der Waals surface area contributed by atoms with E-state index in [4.69, 9.17) is 22.9 Å². The zero-order valence-electron chi connectivity index (χ0n) is 9.77. The number of nitrogens with two attached hydrogens (primary N) is 4. The Hall–Kier alpha value is -0.530. The minimum absolute atomic E-state index is 0.0717. The van der Waals surface area contributed by atoms with Crippen LogP contribution in [0.15, 0.2) is 16.6 Å². The maximum atomic E-state index is 5.67. The molecule has 0 atom stereocenters. The Balaban J connectivity index is 3.08. The van der Waals surface area contributed by atoms with Gasteiger partial charge in [-0.3, -0.25) is 4.98 Å². The van der Waals surface area contributed by atoms with Crippen LogP contribution in [0.25, 0.3) is 0 Å². The van der Waals surface area contributed by atoms with E-state index in [2.05, 4.69) is 20.9 Å². The molecule has 8 N–H and O–H groups in total. The highest BCUT2D eigenvalue weighted by Gasteiger charge is 2.15. The topological polar surface area (TPSA) is 117 Å². The Morgan fingerprint density at radius 3 is 1.53 bits per heavy atom. The van der Waals surface area contributed by atoms with Crippen molar-refractivity contribution < 1.29 is 0 Å². The van der Waals surface area contributed by atoms with E-state index in [-0.39, 0.29) is 11.8 Å². The highest BCUT2D eigenvalue weighted by atomic mass is 79.9. The predicted octanol–water partition coefficient (Wildman–Crippen LogP) is -0.154. The summed E-state index contributed by atoms with van der Waals surface area (Å²) in [5.41, 5.74) is 24.5. The molecule has 0 unspecified atom stereocenters. The zero-order valence-corrected chi connectivity index (χ0v) is 11.4. The fourth-order valence-corrected chi connectivity index (χ4v) is 2.10. The lowest BCUT2D eigenvalue weighted by molar-refractivity contribution is 0.648. The Labute approximate surface area is 110 Å². The third-order valence-corrected chi connectivity index (χ3v) is 3.26. The lowest BCUT2D eigenvalue weighted by Gasteiger charge is -2.17. The standard InChI is InChI=1S/C11H20BrN5/c12-9-1-10(7(3-13)4-14)17-11(2-9)8(5-15)6-16/h1-2,7-8H,3-6,13-16H2. The molecule has 0 aliphatic carbocycles. The van der Waals surface area contributed by atoms with Crippen molar-refractivity contribution in [2.45, 2.75) is 11.8 Å². The maximum absolute atomic E-state index is 5.67. The monoisotopic (exact) mass is 301 g/mol. The Morgan fingerprint density at radius 1 is 0.882 bits per heavy atom. The van der Waals surface area contributed by atoms with Gasteiger partial charge in [-0.25, -0.2) is 0 Å². The van der Waals surface area contributed by atoms with Gasteiger partial charge in [-0.1, -0.05) is 15.9 Å². The summed E-state index contributed by atoms with van der Waals surface area (Å²) in [5.74, 6) is 0.143. The summed E-state index contributed by atoms with van der Waals surface area (Å²) in [4.78, 5) is 4.57. The minimum atomic E-state index is 0.0717. The first kappa shape index (κ1) is 14.5. The zero-order chi connectivity index (χ0) is 12.8. The first-order chi connectivity index (χ1) is 8.15. The molecule has 5 nitrogen and oxygen atoms in total. The average Bonchev–Trinajstić information content (AvgIpc) is 2.31. The van der Waals surface area contributed by atoms with Gasteiger partial charge in [0.15, 0.2) is 0 Å². The fraction of sp³-hybridized carbons (Fsp3) is 0.545. The second-order valence-corrected chi connectivity index (χ2v) is 4.89. The number of aromatic nitrogens is 1. The lowest BCUT2D eigenvalue weighted by atomic mass is 10.0. The molecule has 0 radical (unpaired) electrons. The molecule has 1 aromatic heterocycles. The number of nitrogens with zero attached hydrogens (tertiary/aromatic N) is 1. The van der Waals surface area contributed by atoms with Gasteiger partial charge in [-0.05, 0) is 12.1 Å². The van der Waals surface area contributed by atoms with E-state index in [9.17, 15) is 0 Å². The van der Waals surface area contributed by atoms with Crippen LogP contribution < -0.4 is 22.9 Å². The molecule has 1 rings (SSSR count). The van der Waals surface area contributed by atoms with Gasteiger partial charge in [-0.2, -0.15) is 0 Å². The van der Waals surface area contributed by atoms with Crippen molar-refractivity contribution in [1.82, 2.24) is 4.98 Å². The van der Waals surface area contributed by atoms with Crippen LogP contribution in [0.2, 0.25) is 0 Å². The molecular weight excluding hydrogens is 282 g/mol. The molecule has 0 spiro atoms. The third kappa shape index (κ3) is 3.72. The SMILES string of the molecule is NCC(CN)c1cc(Br)cc(C(CN)CN)n1. The molecule has 6 heteroatoms. The van der Waals surface area contributed by atoms with E-state index in [1.165, 1.54) is 0 Å². The molecular formula is C11H20BrN5. The summed E-state index contributed by atoms with van der Waals surface area (Å²) in [6, 6.07) is 3.88. The summed E-state index contributed by atoms with van der Waals surface area (Å²) < 4.78 is 0.955. The van der Waals surface area contributed by atoms with E-state index in [1.807, 2.05) is 12.1 Å². The van der Waals surface area contributed by atoms with Gasteiger partial charge >= 0.3 is 0 Å². The number of pyridine rings is 1. The smallest absolute Gasteiger partial charge is 0.0474 e. The third-order valence-electron chi connectivity index (χ3n) is 2.80. The summed E-state index contributed by atoms with van der Waals surface area (Å²) in [5, 5.41) is 0. The highest BCUT2D eigenvalue weighted by molar-refractivity contribution is 9.10. The molecule has 17 heavy (non-hydrogen) atoms. The molecule has 0 bridgehead atoms. The van der Waals surface area contributed by atoms with Gasteiger partial charge in [0.25, 0.3) is 0 Å². The van der Waals surface area contributed by atoms with Crippen LogP contribution in [0.1, 0.15) is 23.2 Å². The van der Waals surface area contributed by atoms with Crippen LogP contribution in [0, 0.1) is 0 Å². The normalized spacial score (nSPS) is 11.5. The Bertz CT molecular complexity index is 319. The number of hydrogen-bond acceptors (Lipinski definition) is 5. The lowest BCUT2D eigenvalue weighted by Crippen LogP contribution is -2.25. The first-order valence-electron chi connectivity index (χ1n) is 5.63. The van der Waals surface area contributed by atoms with Gasteiger partial charge in [0.1, 0.15) is 0 Å². The Kier molecular flexibility index (Phi) is 6.01. The van der Waals surface area contributed by atoms with Gasteiger partial charge in [0.2, 0.25) is 0 Å². The van der Waals surface area contributed by atoms with Gasteiger partial charge in [0, 0.05) is 53.9 Å². The van der Waals surface area contributed by atoms with Crippen LogP contribution in [-0.4, -0.2) is 31.2 Å². The fourth-order valence-electron chi connectivity index (χ4n) is 1.63. The minimum Gasteiger partial charge on any atom is -0.330 e. The van der Waals surface area contributed by atoms with Crippen molar-refractivity contribution in [3.05, 3.63) is 28.0 Å². The van der Waals surface area contributed by atoms with Crippen LogP contribution in [0.5, 0.6) is 0 Å². The molecule has 0 aromatic carbocycles. The average molecular weight is 302 g/mol. The van der Waals surface area contributed by atoms with Crippen LogP contribution in [-0.2, 0) is 0 Å². The summed E-state index contributed by atoms with van der Waals surface area (Å²) in [6.07, 6.45) is 0. The van der Waals surface area contributed by atoms with Crippen molar-refractivity contribution in [2.75, 3.05) is 26.2 Å². The van der Waals surface area contributed by atoms with Crippen molar-refractivity contribution in [3.63, 3.8) is 0 Å². The molecule has 0 aliphatic heterocycles. The van der Waals surface area contributed by atoms with E-state index in [0.29, 0.717) is 26.2 Å². The number of hydrogen-bond donors (Lipinski definition) is 4. The van der Waals surface area contributed by atoms with Crippen LogP contribution >= 0.6 is 15.9 Å². The second-order valence-electron chi connectivity index (χ2n) is 3.97. The molecule has 0 amide bonds. The molecule has 0 aliphatic rings. The van der Waals surface area contributed by atoms with E-state index < -0.39 is 0 Å². The van der Waals surface area contributed by atoms with E-state index in [0.717, 1.165) is 15.9 Å². The molecule has 96 valence electrons. The summed E-state index contributed by atoms with van der Waals surface area (Å²) in [6.45, 7) is 1.93. The van der Waals surface area contributed by atoms with Crippen LogP contribution in [0.4, 0.5) is 0 Å². The van der Waals surface area contributed by atoms with Gasteiger partial charge in [-0.15, -0.1) is 0 Å². The Morgan fingerprint density at radius 2 is 1.24 bits per heavy atom. The quantitative estimate of drug-likeness (QED) is 0.583. The maximum Gasteiger partial charge on any atom is 0.0474 e. The molecule has 0 saturated carbocycles. The first-order valence-corrected chi connectivity index (χ1v) is 6.43. The highest BCUT2D eigenvalue weighted by Crippen LogP contribution is 2.22. The number of rotatable bonds is 6. The molecule has 0 saturated heterocycles. The largest absolute Gasteiger partial charge is 0.330 e. The summed E-state index contributed by atoms with van der Waals surface area (Å²) >= 11 is 3.46. The molecule has 1 aromatic rings. The molecule has 0 fully saturated rings. The van der Waals surface area contributed by atoms with Gasteiger partial charge in [0.05, 0.1) is 0 Å². The summed E-state index contributed by atoms with van der Waals surface area (Å²) in [7, 11) is 0. The van der Waals surface area contributed by atoms with Crippen molar-refractivity contribution in [3.8, 4) is 0 Å². The van der Waals surface area contributed by atoms with Crippen molar-refractivity contribution >= 4 is 15.9 Å². The van der Waals surface area contributed by atoms with Crippen LogP contribution in [0.3, 0.4) is 0 Å². The molecule has 1 heterocycles. The van der Waals surface area contributed by atoms with Crippen molar-refractivity contribution in [2.24, 2.45) is 22.9 Å². The van der Waals surface area contributed by atoms with E-state index in [1.54, 1.807) is 0 Å². The van der Waals surface area contributed by atoms with Crippen molar-refractivity contribution in [1.29, 1.82) is 0 Å². The van der Waals surface area contributed by atoms with E-state index >= 15 is 0 Å². The predicted molar refractivity (Wildman–Crippen MR) is 73.6 cm³/mol. The second kappa shape index (κ2) is 7.03. The van der Waals surface area contributed by atoms with Gasteiger partial charge < -0.3 is 22.9 Å². The number of halogens is 1.